The number of nitrogens with one attached hydrogen (secondary N) is 2. The van der Waals surface area contributed by atoms with Crippen molar-refractivity contribution in [1.82, 2.24) is 10.6 Å². The molecule has 1 saturated carbocycles. The molecule has 0 radical (unpaired) electrons. The van der Waals surface area contributed by atoms with E-state index in [0.29, 0.717) is 18.4 Å². The molecule has 0 saturated heterocycles. The Kier molecular flexibility index (Phi) is 5.08. The fourth-order valence-electron chi connectivity index (χ4n) is 2.31. The highest BCUT2D eigenvalue weighted by Gasteiger charge is 2.41. The minimum absolute atomic E-state index is 0.215. The van der Waals surface area contributed by atoms with Gasteiger partial charge in [-0.05, 0) is 37.1 Å². The Morgan fingerprint density at radius 1 is 1.05 bits per heavy atom. The summed E-state index contributed by atoms with van der Waals surface area (Å²) in [5, 5.41) is 14.1. The van der Waals surface area contributed by atoms with Crippen molar-refractivity contribution in [3.63, 3.8) is 0 Å². The molecule has 3 N–H and O–H groups in total. The zero-order chi connectivity index (χ0) is 16.1. The molecule has 2 rings (SSSR count). The summed E-state index contributed by atoms with van der Waals surface area (Å²) in [7, 11) is 0. The quantitative estimate of drug-likeness (QED) is 0.677. The molecule has 0 aliphatic heterocycles. The fourth-order valence-corrected chi connectivity index (χ4v) is 2.31. The van der Waals surface area contributed by atoms with Gasteiger partial charge in [0.25, 0.3) is 5.91 Å². The lowest BCUT2D eigenvalue weighted by Gasteiger charge is -2.31. The lowest BCUT2D eigenvalue weighted by molar-refractivity contribution is -0.152. The second-order valence-corrected chi connectivity index (χ2v) is 5.18. The van der Waals surface area contributed by atoms with E-state index in [1.807, 2.05) is 0 Å². The first-order valence-electron chi connectivity index (χ1n) is 7.03. The minimum atomic E-state index is -0.948. The molecular formula is C15H17FN2O4. The molecule has 0 spiro atoms. The van der Waals surface area contributed by atoms with Gasteiger partial charge >= 0.3 is 5.97 Å². The van der Waals surface area contributed by atoms with Gasteiger partial charge in [-0.1, -0.05) is 0 Å². The monoisotopic (exact) mass is 308 g/mol. The van der Waals surface area contributed by atoms with E-state index in [2.05, 4.69) is 10.6 Å². The largest absolute Gasteiger partial charge is 0.481 e. The molecular weight excluding hydrogens is 291 g/mol. The summed E-state index contributed by atoms with van der Waals surface area (Å²) < 4.78 is 12.7. The Hall–Kier alpha value is -2.44. The van der Waals surface area contributed by atoms with Crippen LogP contribution in [0, 0.1) is 17.7 Å². The van der Waals surface area contributed by atoms with Crippen LogP contribution >= 0.6 is 0 Å². The number of halogens is 1. The van der Waals surface area contributed by atoms with E-state index in [0.717, 1.165) is 0 Å². The zero-order valence-electron chi connectivity index (χ0n) is 11.8. The third-order valence-electron chi connectivity index (χ3n) is 3.74. The van der Waals surface area contributed by atoms with Crippen LogP contribution in [0.15, 0.2) is 24.3 Å². The first-order chi connectivity index (χ1) is 10.5. The number of carbonyl (C=O) groups is 3. The summed E-state index contributed by atoms with van der Waals surface area (Å²) in [6.07, 6.45) is 1.10. The number of aliphatic carboxylic acids is 1. The summed E-state index contributed by atoms with van der Waals surface area (Å²) in [4.78, 5) is 34.3. The zero-order valence-corrected chi connectivity index (χ0v) is 11.8. The second-order valence-electron chi connectivity index (χ2n) is 5.18. The Labute approximate surface area is 126 Å². The number of carboxylic acids is 1. The van der Waals surface area contributed by atoms with Crippen LogP contribution in [0.2, 0.25) is 0 Å². The van der Waals surface area contributed by atoms with Gasteiger partial charge in [0.15, 0.2) is 0 Å². The highest BCUT2D eigenvalue weighted by Crippen LogP contribution is 2.34. The highest BCUT2D eigenvalue weighted by molar-refractivity contribution is 5.94. The lowest BCUT2D eigenvalue weighted by Crippen LogP contribution is -2.45. The average molecular weight is 308 g/mol. The van der Waals surface area contributed by atoms with Gasteiger partial charge in [-0.2, -0.15) is 0 Å². The first-order valence-corrected chi connectivity index (χ1v) is 7.03. The van der Waals surface area contributed by atoms with E-state index >= 15 is 0 Å². The summed E-state index contributed by atoms with van der Waals surface area (Å²) in [5.74, 6) is -3.11. The molecule has 7 heteroatoms. The number of carbonyl (C=O) groups excluding carboxylic acids is 2. The molecule has 1 aromatic carbocycles. The van der Waals surface area contributed by atoms with Crippen molar-refractivity contribution in [1.29, 1.82) is 0 Å². The van der Waals surface area contributed by atoms with Crippen LogP contribution in [-0.4, -0.2) is 36.0 Å². The van der Waals surface area contributed by atoms with Crippen molar-refractivity contribution in [2.75, 3.05) is 13.1 Å². The molecule has 2 atom stereocenters. The predicted molar refractivity (Wildman–Crippen MR) is 75.6 cm³/mol. The van der Waals surface area contributed by atoms with Gasteiger partial charge in [-0.3, -0.25) is 14.4 Å². The molecule has 22 heavy (non-hydrogen) atoms. The Morgan fingerprint density at radius 3 is 2.18 bits per heavy atom. The van der Waals surface area contributed by atoms with Gasteiger partial charge in [-0.15, -0.1) is 0 Å². The van der Waals surface area contributed by atoms with Crippen molar-refractivity contribution < 1.29 is 23.9 Å². The Bertz CT molecular complexity index is 573. The second kappa shape index (κ2) is 7.02. The maximum absolute atomic E-state index is 12.7. The topological polar surface area (TPSA) is 95.5 Å². The highest BCUT2D eigenvalue weighted by atomic mass is 19.1. The van der Waals surface area contributed by atoms with E-state index in [1.54, 1.807) is 0 Å². The van der Waals surface area contributed by atoms with Gasteiger partial charge in [-0.25, -0.2) is 4.39 Å². The van der Waals surface area contributed by atoms with Crippen LogP contribution < -0.4 is 10.6 Å². The summed E-state index contributed by atoms with van der Waals surface area (Å²) >= 11 is 0. The standard InChI is InChI=1S/C15H17FN2O4/c16-10-3-1-9(2-4-10)13(19)17-7-8-18-14(20)11-5-6-12(11)15(21)22/h1-4,11-12H,5-8H2,(H,17,19)(H,18,20)(H,21,22). The molecule has 1 aromatic rings. The Morgan fingerprint density at radius 2 is 1.64 bits per heavy atom. The third-order valence-corrected chi connectivity index (χ3v) is 3.74. The van der Waals surface area contributed by atoms with Crippen molar-refractivity contribution in [2.24, 2.45) is 11.8 Å². The molecule has 0 bridgehead atoms. The first kappa shape index (κ1) is 15.9. The van der Waals surface area contributed by atoms with Crippen LogP contribution in [0.4, 0.5) is 4.39 Å². The fraction of sp³-hybridized carbons (Fsp3) is 0.400. The average Bonchev–Trinajstić information content (AvgIpc) is 2.42. The summed E-state index contributed by atoms with van der Waals surface area (Å²) in [5.41, 5.74) is 0.331. The van der Waals surface area contributed by atoms with Crippen LogP contribution in [0.5, 0.6) is 0 Å². The van der Waals surface area contributed by atoms with Crippen molar-refractivity contribution >= 4 is 17.8 Å². The van der Waals surface area contributed by atoms with Crippen LogP contribution in [-0.2, 0) is 9.59 Å². The van der Waals surface area contributed by atoms with Crippen LogP contribution in [0.1, 0.15) is 23.2 Å². The van der Waals surface area contributed by atoms with Crippen molar-refractivity contribution in [3.8, 4) is 0 Å². The SMILES string of the molecule is O=C(NCCNC(=O)C1CCC1C(=O)O)c1ccc(F)cc1. The Balaban J connectivity index is 1.69. The normalized spacial score (nSPS) is 19.9. The van der Waals surface area contributed by atoms with Crippen molar-refractivity contribution in [3.05, 3.63) is 35.6 Å². The third kappa shape index (κ3) is 3.81. The molecule has 118 valence electrons. The van der Waals surface area contributed by atoms with Gasteiger partial charge in [0, 0.05) is 18.7 Å². The lowest BCUT2D eigenvalue weighted by atomic mass is 9.73. The predicted octanol–water partition coefficient (Wildman–Crippen LogP) is 0.782. The van der Waals surface area contributed by atoms with Crippen LogP contribution in [0.3, 0.4) is 0 Å². The van der Waals surface area contributed by atoms with Gasteiger partial charge in [0.2, 0.25) is 5.91 Å². The molecule has 6 nitrogen and oxygen atoms in total. The van der Waals surface area contributed by atoms with E-state index in [4.69, 9.17) is 5.11 Å². The number of hydrogen-bond donors (Lipinski definition) is 3. The molecule has 1 aliphatic rings. The number of amides is 2. The number of hydrogen-bond acceptors (Lipinski definition) is 3. The molecule has 0 aromatic heterocycles. The number of carboxylic acid groups (broad SMARTS) is 1. The maximum atomic E-state index is 12.7. The van der Waals surface area contributed by atoms with E-state index in [1.165, 1.54) is 24.3 Å². The summed E-state index contributed by atoms with van der Waals surface area (Å²) in [6, 6.07) is 5.13. The maximum Gasteiger partial charge on any atom is 0.307 e. The van der Waals surface area contributed by atoms with Gasteiger partial charge in [0.1, 0.15) is 5.82 Å². The molecule has 2 unspecified atom stereocenters. The number of benzene rings is 1. The number of rotatable bonds is 6. The molecule has 1 aliphatic carbocycles. The van der Waals surface area contributed by atoms with Gasteiger partial charge < -0.3 is 15.7 Å². The van der Waals surface area contributed by atoms with E-state index < -0.39 is 23.6 Å². The molecule has 1 fully saturated rings. The summed E-state index contributed by atoms with van der Waals surface area (Å²) in [6.45, 7) is 0.432. The molecule has 2 amide bonds. The molecule has 0 heterocycles. The van der Waals surface area contributed by atoms with Crippen molar-refractivity contribution in [2.45, 2.75) is 12.8 Å². The van der Waals surface area contributed by atoms with Crippen LogP contribution in [0.25, 0.3) is 0 Å². The minimum Gasteiger partial charge on any atom is -0.481 e. The smallest absolute Gasteiger partial charge is 0.307 e. The van der Waals surface area contributed by atoms with Gasteiger partial charge in [0.05, 0.1) is 11.8 Å². The van der Waals surface area contributed by atoms with E-state index in [9.17, 15) is 18.8 Å². The van der Waals surface area contributed by atoms with E-state index in [-0.39, 0.29) is 24.9 Å².